The molecule has 1 aliphatic heterocycles. The highest BCUT2D eigenvalue weighted by atomic mass is 79.9. The molecule has 1 fully saturated rings. The molecule has 6 aromatic rings. The second-order valence-electron chi connectivity index (χ2n) is 12.6. The fourth-order valence-electron chi connectivity index (χ4n) is 4.71. The summed E-state index contributed by atoms with van der Waals surface area (Å²) in [6.45, 7) is 8.28. The molecular formula is C34H38BBrCl2N8O2. The summed E-state index contributed by atoms with van der Waals surface area (Å²) in [4.78, 5) is 12.5. The molecule has 0 unspecified atom stereocenters. The number of nitrogens with zero attached hydrogens (tertiary/aromatic N) is 8. The third kappa shape index (κ3) is 7.95. The molecule has 0 aliphatic carbocycles. The summed E-state index contributed by atoms with van der Waals surface area (Å²) >= 11 is 14.9. The Balaban J connectivity index is 0.000000146. The van der Waals surface area contributed by atoms with Gasteiger partial charge in [0.15, 0.2) is 11.3 Å². The predicted octanol–water partition coefficient (Wildman–Crippen LogP) is 7.31. The van der Waals surface area contributed by atoms with Gasteiger partial charge in [0.1, 0.15) is 14.9 Å². The van der Waals surface area contributed by atoms with Crippen molar-refractivity contribution in [1.29, 1.82) is 0 Å². The largest absolute Gasteiger partial charge is 0.494 e. The molecular weight excluding hydrogens is 714 g/mol. The van der Waals surface area contributed by atoms with E-state index in [1.807, 2.05) is 40.5 Å². The van der Waals surface area contributed by atoms with Gasteiger partial charge >= 0.3 is 7.12 Å². The highest BCUT2D eigenvalue weighted by molar-refractivity contribution is 9.10. The highest BCUT2D eigenvalue weighted by Crippen LogP contribution is 2.36. The minimum atomic E-state index is -0.280. The molecule has 0 bridgehead atoms. The van der Waals surface area contributed by atoms with Crippen LogP contribution in [0.15, 0.2) is 89.8 Å². The summed E-state index contributed by atoms with van der Waals surface area (Å²) in [5.41, 5.74) is 6.40. The predicted molar refractivity (Wildman–Crippen MR) is 200 cm³/mol. The lowest BCUT2D eigenvalue weighted by atomic mass is 9.79. The first-order valence-electron chi connectivity index (χ1n) is 15.2. The lowest BCUT2D eigenvalue weighted by Crippen LogP contribution is -2.41. The standard InChI is InChI=1S/C14H22BNO2.C14H13ClN4.C6H3BrClN3/c1-13(2)14(3,4)18-15(17-13)11-7-9-12(10-8-11)16(5)6;1-18(2)11-5-3-10(4-6-11)12-9-16-14-8-7-13(15)17-19(12)14;7-4-3-9-6-2-1-5(8)10-11(4)6/h7-10H,1-6H3;3-9H,1-2H3;1-3H. The summed E-state index contributed by atoms with van der Waals surface area (Å²) in [5, 5.41) is 9.20. The number of hydrogen-bond acceptors (Lipinski definition) is 8. The topological polar surface area (TPSA) is 85.3 Å². The van der Waals surface area contributed by atoms with Gasteiger partial charge in [-0.25, -0.2) is 19.0 Å². The molecule has 250 valence electrons. The third-order valence-electron chi connectivity index (χ3n) is 8.23. The summed E-state index contributed by atoms with van der Waals surface area (Å²) in [5.74, 6) is 0. The maximum Gasteiger partial charge on any atom is 0.494 e. The number of fused-ring (bicyclic) bond motifs is 2. The van der Waals surface area contributed by atoms with Gasteiger partial charge in [0.25, 0.3) is 0 Å². The zero-order chi connectivity index (χ0) is 34.8. The molecule has 14 heteroatoms. The summed E-state index contributed by atoms with van der Waals surface area (Å²) in [7, 11) is 7.83. The molecule has 48 heavy (non-hydrogen) atoms. The van der Waals surface area contributed by atoms with E-state index in [-0.39, 0.29) is 18.3 Å². The lowest BCUT2D eigenvalue weighted by Gasteiger charge is -2.32. The van der Waals surface area contributed by atoms with E-state index in [1.54, 1.807) is 33.4 Å². The van der Waals surface area contributed by atoms with Crippen LogP contribution in [-0.4, -0.2) is 75.7 Å². The van der Waals surface area contributed by atoms with E-state index in [4.69, 9.17) is 32.5 Å². The Morgan fingerprint density at radius 2 is 1.10 bits per heavy atom. The number of benzene rings is 2. The van der Waals surface area contributed by atoms with Gasteiger partial charge in [0.2, 0.25) is 0 Å². The highest BCUT2D eigenvalue weighted by Gasteiger charge is 2.51. The Morgan fingerprint density at radius 1 is 0.646 bits per heavy atom. The molecule has 0 radical (unpaired) electrons. The van der Waals surface area contributed by atoms with Crippen LogP contribution in [0.5, 0.6) is 0 Å². The van der Waals surface area contributed by atoms with Crippen LogP contribution in [0.1, 0.15) is 27.7 Å². The average molecular weight is 752 g/mol. The van der Waals surface area contributed by atoms with Crippen molar-refractivity contribution in [2.24, 2.45) is 0 Å². The first kappa shape index (κ1) is 35.6. The van der Waals surface area contributed by atoms with Crippen LogP contribution in [0, 0.1) is 0 Å². The van der Waals surface area contributed by atoms with Crippen molar-refractivity contribution in [3.05, 3.63) is 100 Å². The molecule has 7 rings (SSSR count). The molecule has 0 spiro atoms. The molecule has 5 heterocycles. The van der Waals surface area contributed by atoms with E-state index in [2.05, 4.69) is 122 Å². The molecule has 2 aromatic carbocycles. The SMILES string of the molecule is CN(C)c1ccc(-c2cnc3ccc(Cl)nn23)cc1.CN(C)c1ccc(B2OC(C)(C)C(C)(C)O2)cc1.Clc1ccc2ncc(Br)n2n1. The van der Waals surface area contributed by atoms with Gasteiger partial charge in [-0.1, -0.05) is 47.5 Å². The van der Waals surface area contributed by atoms with Crippen LogP contribution in [-0.2, 0) is 9.31 Å². The molecule has 0 saturated carbocycles. The molecule has 0 amide bonds. The summed E-state index contributed by atoms with van der Waals surface area (Å²) in [6.07, 6.45) is 3.49. The van der Waals surface area contributed by atoms with Crippen molar-refractivity contribution in [3.8, 4) is 11.3 Å². The Kier molecular flexibility index (Phi) is 10.7. The van der Waals surface area contributed by atoms with Gasteiger partial charge in [-0.2, -0.15) is 10.2 Å². The van der Waals surface area contributed by atoms with Crippen molar-refractivity contribution in [2.75, 3.05) is 38.0 Å². The third-order valence-corrected chi connectivity index (χ3v) is 9.18. The van der Waals surface area contributed by atoms with E-state index < -0.39 is 0 Å². The quantitative estimate of drug-likeness (QED) is 0.174. The van der Waals surface area contributed by atoms with Gasteiger partial charge in [0.05, 0.1) is 29.3 Å². The number of hydrogen-bond donors (Lipinski definition) is 0. The first-order valence-corrected chi connectivity index (χ1v) is 16.8. The minimum absolute atomic E-state index is 0.272. The minimum Gasteiger partial charge on any atom is -0.399 e. The van der Waals surface area contributed by atoms with Crippen LogP contribution >= 0.6 is 39.1 Å². The first-order chi connectivity index (χ1) is 22.6. The fourth-order valence-corrected chi connectivity index (χ4v) is 5.35. The van der Waals surface area contributed by atoms with Crippen LogP contribution in [0.4, 0.5) is 11.4 Å². The van der Waals surface area contributed by atoms with Gasteiger partial charge in [-0.05, 0) is 97.6 Å². The zero-order valence-corrected chi connectivity index (χ0v) is 31.3. The van der Waals surface area contributed by atoms with Crippen LogP contribution in [0.25, 0.3) is 22.6 Å². The Morgan fingerprint density at radius 3 is 1.62 bits per heavy atom. The van der Waals surface area contributed by atoms with Gasteiger partial charge in [-0.3, -0.25) is 0 Å². The maximum atomic E-state index is 6.01. The van der Waals surface area contributed by atoms with Crippen molar-refractivity contribution in [1.82, 2.24) is 29.2 Å². The second-order valence-corrected chi connectivity index (χ2v) is 14.2. The normalized spacial score (nSPS) is 14.7. The zero-order valence-electron chi connectivity index (χ0n) is 28.2. The summed E-state index contributed by atoms with van der Waals surface area (Å²) < 4.78 is 16.2. The van der Waals surface area contributed by atoms with Crippen molar-refractivity contribution < 1.29 is 9.31 Å². The van der Waals surface area contributed by atoms with Gasteiger partial charge in [-0.15, -0.1) is 0 Å². The molecule has 0 N–H and O–H groups in total. The van der Waals surface area contributed by atoms with Crippen molar-refractivity contribution in [2.45, 2.75) is 38.9 Å². The van der Waals surface area contributed by atoms with Crippen molar-refractivity contribution >= 4 is 74.4 Å². The monoisotopic (exact) mass is 750 g/mol. The molecule has 4 aromatic heterocycles. The van der Waals surface area contributed by atoms with E-state index in [9.17, 15) is 0 Å². The molecule has 1 aliphatic rings. The maximum absolute atomic E-state index is 6.01. The average Bonchev–Trinajstić information content (AvgIpc) is 3.70. The van der Waals surface area contributed by atoms with Crippen LogP contribution in [0.3, 0.4) is 0 Å². The van der Waals surface area contributed by atoms with E-state index in [1.165, 1.54) is 5.69 Å². The second kappa shape index (κ2) is 14.4. The van der Waals surface area contributed by atoms with Gasteiger partial charge in [0, 0.05) is 45.1 Å². The van der Waals surface area contributed by atoms with Crippen molar-refractivity contribution in [3.63, 3.8) is 0 Å². The Bertz CT molecular complexity index is 1980. The van der Waals surface area contributed by atoms with E-state index in [0.717, 1.165) is 38.3 Å². The smallest absolute Gasteiger partial charge is 0.399 e. The number of halogens is 3. The number of rotatable bonds is 4. The number of imidazole rings is 2. The van der Waals surface area contributed by atoms with Crippen LogP contribution < -0.4 is 15.3 Å². The molecule has 10 nitrogen and oxygen atoms in total. The lowest BCUT2D eigenvalue weighted by molar-refractivity contribution is 0.00578. The van der Waals surface area contributed by atoms with E-state index in [0.29, 0.717) is 10.3 Å². The molecule has 0 atom stereocenters. The Labute approximate surface area is 299 Å². The molecule has 1 saturated heterocycles. The van der Waals surface area contributed by atoms with Crippen LogP contribution in [0.2, 0.25) is 10.3 Å². The number of anilines is 2. The fraction of sp³-hybridized carbons (Fsp3) is 0.294. The van der Waals surface area contributed by atoms with E-state index >= 15 is 0 Å². The van der Waals surface area contributed by atoms with Gasteiger partial charge < -0.3 is 19.1 Å². The Hall–Kier alpha value is -3.68. The summed E-state index contributed by atoms with van der Waals surface area (Å²) in [6, 6.07) is 23.7. The number of aromatic nitrogens is 6.